The van der Waals surface area contributed by atoms with Crippen LogP contribution in [0.3, 0.4) is 0 Å². The molecule has 1 aromatic heterocycles. The maximum absolute atomic E-state index is 12.6. The summed E-state index contributed by atoms with van der Waals surface area (Å²) in [6.45, 7) is 8.76. The van der Waals surface area contributed by atoms with Crippen molar-refractivity contribution in [2.24, 2.45) is 0 Å². The highest BCUT2D eigenvalue weighted by atomic mass is 32.2. The lowest BCUT2D eigenvalue weighted by Gasteiger charge is -2.14. The molecule has 5 nitrogen and oxygen atoms in total. The van der Waals surface area contributed by atoms with Crippen molar-refractivity contribution in [3.05, 3.63) is 58.7 Å². The van der Waals surface area contributed by atoms with Gasteiger partial charge in [-0.25, -0.2) is 4.98 Å². The number of fused-ring (bicyclic) bond motifs is 1. The number of nitrogens with zero attached hydrogens (tertiary/aromatic N) is 1. The lowest BCUT2D eigenvalue weighted by Crippen LogP contribution is -2.32. The van der Waals surface area contributed by atoms with Crippen LogP contribution in [0.15, 0.2) is 41.4 Å². The zero-order chi connectivity index (χ0) is 22.5. The predicted octanol–water partition coefficient (Wildman–Crippen LogP) is 5.02. The number of benzene rings is 2. The average molecular weight is 439 g/mol. The summed E-state index contributed by atoms with van der Waals surface area (Å²) < 4.78 is 10.6. The van der Waals surface area contributed by atoms with Gasteiger partial charge in [0.15, 0.2) is 11.5 Å². The van der Waals surface area contributed by atoms with Gasteiger partial charge < -0.3 is 14.8 Å². The van der Waals surface area contributed by atoms with Gasteiger partial charge in [-0.15, -0.1) is 0 Å². The number of hydrogen-bond donors (Lipinski definition) is 1. The fraction of sp³-hybridized carbons (Fsp3) is 0.360. The van der Waals surface area contributed by atoms with Crippen molar-refractivity contribution in [2.75, 3.05) is 20.8 Å². The van der Waals surface area contributed by atoms with E-state index in [1.165, 1.54) is 28.3 Å². The molecule has 1 N–H and O–H groups in total. The van der Waals surface area contributed by atoms with Crippen LogP contribution >= 0.6 is 11.8 Å². The lowest BCUT2D eigenvalue weighted by atomic mass is 10.0. The Hall–Kier alpha value is -2.73. The Morgan fingerprint density at radius 1 is 1.03 bits per heavy atom. The van der Waals surface area contributed by atoms with Crippen LogP contribution < -0.4 is 14.8 Å². The highest BCUT2D eigenvalue weighted by Gasteiger charge is 2.16. The summed E-state index contributed by atoms with van der Waals surface area (Å²) in [4.78, 5) is 17.4. The van der Waals surface area contributed by atoms with Crippen molar-refractivity contribution in [3.63, 3.8) is 0 Å². The summed E-state index contributed by atoms with van der Waals surface area (Å²) >= 11 is 1.49. The van der Waals surface area contributed by atoms with E-state index in [1.54, 1.807) is 14.2 Å². The SMILES string of the molecule is COc1ccc(CCNC(=O)C(C)Sc2cc(C)c3cc(C)cc(C)c3n2)cc1OC. The Morgan fingerprint density at radius 3 is 2.48 bits per heavy atom. The van der Waals surface area contributed by atoms with Crippen molar-refractivity contribution in [3.8, 4) is 11.5 Å². The van der Waals surface area contributed by atoms with Crippen molar-refractivity contribution >= 4 is 28.6 Å². The topological polar surface area (TPSA) is 60.5 Å². The van der Waals surface area contributed by atoms with Gasteiger partial charge in [0, 0.05) is 11.9 Å². The van der Waals surface area contributed by atoms with Gasteiger partial charge in [0.05, 0.1) is 30.0 Å². The number of carbonyl (C=O) groups excluding carboxylic acids is 1. The maximum atomic E-state index is 12.6. The number of amides is 1. The molecule has 0 aliphatic carbocycles. The second kappa shape index (κ2) is 10.1. The van der Waals surface area contributed by atoms with Gasteiger partial charge in [0.1, 0.15) is 0 Å². The van der Waals surface area contributed by atoms with E-state index in [-0.39, 0.29) is 11.2 Å². The van der Waals surface area contributed by atoms with Gasteiger partial charge >= 0.3 is 0 Å². The third-order valence-corrected chi connectivity index (χ3v) is 6.28. The number of aryl methyl sites for hydroxylation is 3. The number of ether oxygens (including phenoxy) is 2. The third kappa shape index (κ3) is 5.50. The van der Waals surface area contributed by atoms with Gasteiger partial charge in [0.25, 0.3) is 0 Å². The minimum Gasteiger partial charge on any atom is -0.493 e. The molecular formula is C25H30N2O3S. The van der Waals surface area contributed by atoms with Gasteiger partial charge in [0.2, 0.25) is 5.91 Å². The number of carbonyl (C=O) groups is 1. The molecule has 0 radical (unpaired) electrons. The molecular weight excluding hydrogens is 408 g/mol. The molecule has 0 fully saturated rings. The summed E-state index contributed by atoms with van der Waals surface area (Å²) in [7, 11) is 3.23. The number of pyridine rings is 1. The van der Waals surface area contributed by atoms with Crippen LogP contribution in [0.1, 0.15) is 29.2 Å². The molecule has 0 aliphatic rings. The number of aromatic nitrogens is 1. The van der Waals surface area contributed by atoms with Gasteiger partial charge in [-0.2, -0.15) is 0 Å². The Kier molecular flexibility index (Phi) is 7.44. The van der Waals surface area contributed by atoms with Crippen LogP contribution in [0.5, 0.6) is 11.5 Å². The molecule has 0 aliphatic heterocycles. The molecule has 0 bridgehead atoms. The van der Waals surface area contributed by atoms with E-state index in [1.807, 2.05) is 25.1 Å². The number of hydrogen-bond acceptors (Lipinski definition) is 5. The average Bonchev–Trinajstić information content (AvgIpc) is 2.74. The first-order valence-corrected chi connectivity index (χ1v) is 11.2. The maximum Gasteiger partial charge on any atom is 0.233 e. The third-order valence-electron chi connectivity index (χ3n) is 5.26. The molecule has 0 saturated carbocycles. The molecule has 1 heterocycles. The van der Waals surface area contributed by atoms with E-state index >= 15 is 0 Å². The Bertz CT molecular complexity index is 1100. The lowest BCUT2D eigenvalue weighted by molar-refractivity contribution is -0.120. The van der Waals surface area contributed by atoms with E-state index in [4.69, 9.17) is 14.5 Å². The monoisotopic (exact) mass is 438 g/mol. The van der Waals surface area contributed by atoms with E-state index in [0.29, 0.717) is 18.0 Å². The van der Waals surface area contributed by atoms with Crippen molar-refractivity contribution in [1.82, 2.24) is 10.3 Å². The molecule has 0 saturated heterocycles. The first-order valence-electron chi connectivity index (χ1n) is 10.4. The molecule has 2 aromatic carbocycles. The van der Waals surface area contributed by atoms with Crippen LogP contribution in [0.2, 0.25) is 0 Å². The van der Waals surface area contributed by atoms with E-state index in [2.05, 4.69) is 44.3 Å². The number of rotatable bonds is 8. The molecule has 1 amide bonds. The molecule has 6 heteroatoms. The van der Waals surface area contributed by atoms with Gasteiger partial charge in [-0.3, -0.25) is 4.79 Å². The normalized spacial score (nSPS) is 11.9. The van der Waals surface area contributed by atoms with Crippen LogP contribution in [-0.4, -0.2) is 36.9 Å². The molecule has 1 atom stereocenters. The molecule has 31 heavy (non-hydrogen) atoms. The first kappa shape index (κ1) is 22.9. The second-order valence-corrected chi connectivity index (χ2v) is 9.11. The fourth-order valence-electron chi connectivity index (χ4n) is 3.62. The van der Waals surface area contributed by atoms with Crippen molar-refractivity contribution < 1.29 is 14.3 Å². The summed E-state index contributed by atoms with van der Waals surface area (Å²) in [5, 5.41) is 4.84. The minimum atomic E-state index is -0.236. The largest absolute Gasteiger partial charge is 0.493 e. The molecule has 0 spiro atoms. The van der Waals surface area contributed by atoms with Crippen LogP contribution in [0, 0.1) is 20.8 Å². The zero-order valence-corrected chi connectivity index (χ0v) is 19.9. The minimum absolute atomic E-state index is 0.00524. The molecule has 1 unspecified atom stereocenters. The Balaban J connectivity index is 1.61. The van der Waals surface area contributed by atoms with Gasteiger partial charge in [-0.05, 0) is 75.1 Å². The Labute approximate surface area is 188 Å². The zero-order valence-electron chi connectivity index (χ0n) is 19.0. The summed E-state index contributed by atoms with van der Waals surface area (Å²) in [5.74, 6) is 1.40. The number of thioether (sulfide) groups is 1. The van der Waals surface area contributed by atoms with Crippen LogP contribution in [0.25, 0.3) is 10.9 Å². The fourth-order valence-corrected chi connectivity index (χ4v) is 4.56. The summed E-state index contributed by atoms with van der Waals surface area (Å²) in [5.41, 5.74) is 5.66. The van der Waals surface area contributed by atoms with Crippen LogP contribution in [0.4, 0.5) is 0 Å². The number of nitrogens with one attached hydrogen (secondary N) is 1. The Morgan fingerprint density at radius 2 is 1.77 bits per heavy atom. The predicted molar refractivity (Wildman–Crippen MR) is 128 cm³/mol. The highest BCUT2D eigenvalue weighted by Crippen LogP contribution is 2.29. The second-order valence-electron chi connectivity index (χ2n) is 7.75. The van der Waals surface area contributed by atoms with Crippen molar-refractivity contribution in [1.29, 1.82) is 0 Å². The highest BCUT2D eigenvalue weighted by molar-refractivity contribution is 8.00. The standard InChI is InChI=1S/C25H30N2O3S/c1-15-11-17(3)24-20(12-15)16(2)13-23(27-24)31-18(4)25(28)26-10-9-19-7-8-21(29-5)22(14-19)30-6/h7-8,11-14,18H,9-10H2,1-6H3,(H,26,28). The quantitative estimate of drug-likeness (QED) is 0.501. The molecule has 164 valence electrons. The summed E-state index contributed by atoms with van der Waals surface area (Å²) in [6.07, 6.45) is 0.718. The summed E-state index contributed by atoms with van der Waals surface area (Å²) in [6, 6.07) is 12.2. The number of methoxy groups -OCH3 is 2. The first-order chi connectivity index (χ1) is 14.8. The molecule has 3 aromatic rings. The smallest absolute Gasteiger partial charge is 0.233 e. The van der Waals surface area contributed by atoms with E-state index < -0.39 is 0 Å². The van der Waals surface area contributed by atoms with Crippen molar-refractivity contribution in [2.45, 2.75) is 44.4 Å². The molecule has 3 rings (SSSR count). The van der Waals surface area contributed by atoms with Crippen LogP contribution in [-0.2, 0) is 11.2 Å². The van der Waals surface area contributed by atoms with Gasteiger partial charge in [-0.1, -0.05) is 29.5 Å². The van der Waals surface area contributed by atoms with E-state index in [0.717, 1.165) is 28.1 Å². The van der Waals surface area contributed by atoms with E-state index in [9.17, 15) is 4.79 Å².